The highest BCUT2D eigenvalue weighted by molar-refractivity contribution is 5.75. The Morgan fingerprint density at radius 3 is 2.07 bits per heavy atom. The Kier molecular flexibility index (Phi) is 15.5. The first-order valence-corrected chi connectivity index (χ1v) is 12.1. The van der Waals surface area contributed by atoms with Gasteiger partial charge in [-0.25, -0.2) is 0 Å². The van der Waals surface area contributed by atoms with Gasteiger partial charge in [0.15, 0.2) is 11.5 Å². The molecule has 0 saturated heterocycles. The Labute approximate surface area is 183 Å². The number of rotatable bonds is 18. The van der Waals surface area contributed by atoms with Gasteiger partial charge in [-0.3, -0.25) is 4.79 Å². The largest absolute Gasteiger partial charge is 0.504 e. The van der Waals surface area contributed by atoms with Crippen LogP contribution in [0.5, 0.6) is 11.5 Å². The number of benzene rings is 1. The number of unbranched alkanes of at least 4 members (excludes halogenated alkanes) is 11. The van der Waals surface area contributed by atoms with Crippen molar-refractivity contribution in [2.75, 3.05) is 6.54 Å². The maximum atomic E-state index is 11.9. The highest BCUT2D eigenvalue weighted by atomic mass is 16.3. The number of hydrogen-bond acceptors (Lipinski definition) is 3. The second-order valence-corrected chi connectivity index (χ2v) is 8.26. The number of carbonyl (C=O) groups excluding carboxylic acids is 1. The third kappa shape index (κ3) is 14.1. The number of amides is 1. The topological polar surface area (TPSA) is 69.6 Å². The van der Waals surface area contributed by atoms with Crippen molar-refractivity contribution in [1.29, 1.82) is 0 Å². The van der Waals surface area contributed by atoms with Gasteiger partial charge in [0.05, 0.1) is 0 Å². The third-order valence-corrected chi connectivity index (χ3v) is 5.44. The van der Waals surface area contributed by atoms with Crippen molar-refractivity contribution in [3.63, 3.8) is 0 Å². The average Bonchev–Trinajstić information content (AvgIpc) is 2.73. The fourth-order valence-electron chi connectivity index (χ4n) is 3.52. The van der Waals surface area contributed by atoms with E-state index in [1.807, 2.05) is 0 Å². The highest BCUT2D eigenvalue weighted by Crippen LogP contribution is 2.24. The Morgan fingerprint density at radius 1 is 0.833 bits per heavy atom. The molecule has 4 heteroatoms. The van der Waals surface area contributed by atoms with Crippen LogP contribution in [0.4, 0.5) is 0 Å². The van der Waals surface area contributed by atoms with E-state index in [1.165, 1.54) is 82.8 Å². The summed E-state index contributed by atoms with van der Waals surface area (Å²) in [6, 6.07) is 4.76. The maximum absolute atomic E-state index is 11.9. The molecule has 0 unspecified atom stereocenters. The molecule has 0 fully saturated rings. The zero-order chi connectivity index (χ0) is 21.9. The molecular weight excluding hydrogens is 374 g/mol. The Balaban J connectivity index is 1.87. The minimum absolute atomic E-state index is 0.0932. The van der Waals surface area contributed by atoms with Gasteiger partial charge in [0.25, 0.3) is 0 Å². The van der Waals surface area contributed by atoms with Crippen LogP contribution in [0.15, 0.2) is 30.4 Å². The van der Waals surface area contributed by atoms with E-state index >= 15 is 0 Å². The van der Waals surface area contributed by atoms with Gasteiger partial charge in [0, 0.05) is 13.0 Å². The summed E-state index contributed by atoms with van der Waals surface area (Å²) in [4.78, 5) is 11.9. The van der Waals surface area contributed by atoms with Crippen LogP contribution >= 0.6 is 0 Å². The van der Waals surface area contributed by atoms with Crippen molar-refractivity contribution < 1.29 is 15.0 Å². The number of allylic oxidation sites excluding steroid dienone is 2. The van der Waals surface area contributed by atoms with Crippen LogP contribution < -0.4 is 5.32 Å². The number of aromatic hydroxyl groups is 2. The smallest absolute Gasteiger partial charge is 0.220 e. The van der Waals surface area contributed by atoms with Gasteiger partial charge in [-0.2, -0.15) is 0 Å². The molecule has 0 heterocycles. The fraction of sp³-hybridized carbons (Fsp3) is 0.654. The van der Waals surface area contributed by atoms with E-state index in [4.69, 9.17) is 0 Å². The lowest BCUT2D eigenvalue weighted by Crippen LogP contribution is -2.25. The van der Waals surface area contributed by atoms with Crippen molar-refractivity contribution in [2.45, 2.75) is 103 Å². The van der Waals surface area contributed by atoms with Crippen LogP contribution in [0.2, 0.25) is 0 Å². The van der Waals surface area contributed by atoms with Crippen LogP contribution in [0.1, 0.15) is 102 Å². The van der Waals surface area contributed by atoms with Gasteiger partial charge < -0.3 is 15.5 Å². The van der Waals surface area contributed by atoms with E-state index in [9.17, 15) is 15.0 Å². The summed E-state index contributed by atoms with van der Waals surface area (Å²) in [7, 11) is 0. The zero-order valence-electron chi connectivity index (χ0n) is 19.0. The minimum Gasteiger partial charge on any atom is -0.504 e. The summed E-state index contributed by atoms with van der Waals surface area (Å²) < 4.78 is 0. The molecule has 0 aromatic heterocycles. The van der Waals surface area contributed by atoms with E-state index in [0.29, 0.717) is 19.4 Å². The summed E-state index contributed by atoms with van der Waals surface area (Å²) in [5.74, 6) is -0.144. The lowest BCUT2D eigenvalue weighted by molar-refractivity contribution is -0.121. The molecule has 0 bridgehead atoms. The first-order valence-electron chi connectivity index (χ1n) is 12.1. The SMILES string of the molecule is CCCCCCCCC=CCCCCCCCC(=O)NCCc1ccc(O)c(O)c1. The van der Waals surface area contributed by atoms with Crippen LogP contribution in [0, 0.1) is 0 Å². The summed E-state index contributed by atoms with van der Waals surface area (Å²) in [6.45, 7) is 2.81. The molecule has 0 atom stereocenters. The molecule has 4 nitrogen and oxygen atoms in total. The molecule has 0 aliphatic carbocycles. The number of phenols is 2. The number of nitrogens with one attached hydrogen (secondary N) is 1. The fourth-order valence-corrected chi connectivity index (χ4v) is 3.52. The van der Waals surface area contributed by atoms with Crippen molar-refractivity contribution in [3.8, 4) is 11.5 Å². The van der Waals surface area contributed by atoms with Crippen molar-refractivity contribution in [1.82, 2.24) is 5.32 Å². The maximum Gasteiger partial charge on any atom is 0.220 e. The van der Waals surface area contributed by atoms with Crippen molar-refractivity contribution in [2.24, 2.45) is 0 Å². The van der Waals surface area contributed by atoms with E-state index < -0.39 is 0 Å². The average molecular weight is 418 g/mol. The van der Waals surface area contributed by atoms with Crippen LogP contribution in [0.3, 0.4) is 0 Å². The molecule has 1 aromatic rings. The van der Waals surface area contributed by atoms with Gasteiger partial charge in [0.1, 0.15) is 0 Å². The van der Waals surface area contributed by atoms with Crippen molar-refractivity contribution >= 4 is 5.91 Å². The molecule has 0 spiro atoms. The number of phenolic OH excluding ortho intramolecular Hbond substituents is 2. The Morgan fingerprint density at radius 2 is 1.43 bits per heavy atom. The molecule has 1 rings (SSSR count). The van der Waals surface area contributed by atoms with E-state index in [0.717, 1.165) is 18.4 Å². The van der Waals surface area contributed by atoms with Crippen LogP contribution in [-0.2, 0) is 11.2 Å². The molecule has 1 amide bonds. The molecule has 30 heavy (non-hydrogen) atoms. The predicted molar refractivity (Wildman–Crippen MR) is 126 cm³/mol. The lowest BCUT2D eigenvalue weighted by Gasteiger charge is -2.06. The van der Waals surface area contributed by atoms with Gasteiger partial charge in [-0.05, 0) is 56.2 Å². The zero-order valence-corrected chi connectivity index (χ0v) is 19.0. The van der Waals surface area contributed by atoms with E-state index in [2.05, 4.69) is 24.4 Å². The molecule has 0 aliphatic rings. The van der Waals surface area contributed by atoms with Gasteiger partial charge in [0.2, 0.25) is 5.91 Å². The van der Waals surface area contributed by atoms with E-state index in [1.54, 1.807) is 6.07 Å². The molecule has 170 valence electrons. The highest BCUT2D eigenvalue weighted by Gasteiger charge is 2.03. The quantitative estimate of drug-likeness (QED) is 0.140. The first kappa shape index (κ1) is 26.1. The summed E-state index contributed by atoms with van der Waals surface area (Å²) in [6.07, 6.45) is 22.3. The Bertz CT molecular complexity index is 598. The second kappa shape index (κ2) is 17.9. The molecule has 0 saturated carbocycles. The van der Waals surface area contributed by atoms with Crippen molar-refractivity contribution in [3.05, 3.63) is 35.9 Å². The molecular formula is C26H43NO3. The standard InChI is InChI=1S/C26H43NO3/c1-2-3-4-5-6-7-8-9-10-11-12-13-14-15-16-17-26(30)27-21-20-23-18-19-24(28)25(29)22-23/h9-10,18-19,22,28-29H,2-8,11-17,20-21H2,1H3,(H,27,30). The monoisotopic (exact) mass is 417 g/mol. The summed E-state index contributed by atoms with van der Waals surface area (Å²) in [5.41, 5.74) is 0.895. The molecule has 1 aromatic carbocycles. The predicted octanol–water partition coefficient (Wildman–Crippen LogP) is 6.79. The van der Waals surface area contributed by atoms with Crippen LogP contribution in [0.25, 0.3) is 0 Å². The number of hydrogen-bond donors (Lipinski definition) is 3. The van der Waals surface area contributed by atoms with E-state index in [-0.39, 0.29) is 17.4 Å². The molecule has 0 aliphatic heterocycles. The molecule has 0 radical (unpaired) electrons. The second-order valence-electron chi connectivity index (χ2n) is 8.26. The summed E-state index contributed by atoms with van der Waals surface area (Å²) in [5, 5.41) is 21.7. The normalized spacial score (nSPS) is 11.2. The first-order chi connectivity index (χ1) is 14.6. The molecule has 3 N–H and O–H groups in total. The van der Waals surface area contributed by atoms with Gasteiger partial charge >= 0.3 is 0 Å². The van der Waals surface area contributed by atoms with Crippen LogP contribution in [-0.4, -0.2) is 22.7 Å². The number of carbonyl (C=O) groups is 1. The van der Waals surface area contributed by atoms with Gasteiger partial charge in [-0.1, -0.05) is 76.5 Å². The van der Waals surface area contributed by atoms with Gasteiger partial charge in [-0.15, -0.1) is 0 Å². The Hall–Kier alpha value is -1.97. The lowest BCUT2D eigenvalue weighted by atomic mass is 10.1. The minimum atomic E-state index is -0.119. The third-order valence-electron chi connectivity index (χ3n) is 5.44. The summed E-state index contributed by atoms with van der Waals surface area (Å²) >= 11 is 0.